The van der Waals surface area contributed by atoms with Gasteiger partial charge in [-0.1, -0.05) is 24.6 Å². The van der Waals surface area contributed by atoms with Crippen molar-refractivity contribution in [1.82, 2.24) is 14.5 Å². The summed E-state index contributed by atoms with van der Waals surface area (Å²) in [6.07, 6.45) is 0.765. The van der Waals surface area contributed by atoms with Crippen molar-refractivity contribution in [2.45, 2.75) is 63.8 Å². The molecule has 0 spiro atoms. The molecule has 1 saturated carbocycles. The number of alkyl halides is 3. The molecule has 0 amide bonds. The minimum Gasteiger partial charge on any atom is -0.389 e. The van der Waals surface area contributed by atoms with Crippen LogP contribution in [0.1, 0.15) is 61.5 Å². The van der Waals surface area contributed by atoms with Crippen molar-refractivity contribution in [3.8, 4) is 5.69 Å². The van der Waals surface area contributed by atoms with E-state index in [9.17, 15) is 35.5 Å². The molecule has 6 nitrogen and oxygen atoms in total. The van der Waals surface area contributed by atoms with E-state index in [1.165, 1.54) is 25.1 Å². The average molecular weight is 596 g/mol. The van der Waals surface area contributed by atoms with Crippen molar-refractivity contribution >= 4 is 16.1 Å². The number of hydrogen-bond donors (Lipinski definition) is 2. The first-order valence-electron chi connectivity index (χ1n) is 13.2. The van der Waals surface area contributed by atoms with Gasteiger partial charge >= 0.3 is 6.18 Å². The minimum absolute atomic E-state index is 0.0488. The van der Waals surface area contributed by atoms with Crippen molar-refractivity contribution < 1.29 is 35.5 Å². The number of sulfonamides is 1. The molecule has 3 aromatic rings. The van der Waals surface area contributed by atoms with Gasteiger partial charge in [0.15, 0.2) is 5.75 Å². The number of rotatable bonds is 8. The molecule has 2 N–H and O–H groups in total. The van der Waals surface area contributed by atoms with Gasteiger partial charge in [-0.15, -0.1) is 0 Å². The second-order valence-corrected chi connectivity index (χ2v) is 12.9. The van der Waals surface area contributed by atoms with Crippen LogP contribution >= 0.6 is 0 Å². The summed E-state index contributed by atoms with van der Waals surface area (Å²) in [5.41, 5.74) is 2.04. The Bertz CT molecular complexity index is 1600. The third kappa shape index (κ3) is 5.69. The summed E-state index contributed by atoms with van der Waals surface area (Å²) in [4.78, 5) is 0. The number of nitrogens with zero attached hydrogens (tertiary/aromatic N) is 2. The van der Waals surface area contributed by atoms with Crippen molar-refractivity contribution in [3.63, 3.8) is 0 Å². The molecule has 3 atom stereocenters. The fraction of sp³-hybridized carbons (Fsp3) is 0.414. The van der Waals surface area contributed by atoms with Gasteiger partial charge in [-0.3, -0.25) is 0 Å². The van der Waals surface area contributed by atoms with Gasteiger partial charge in [0, 0.05) is 17.0 Å². The van der Waals surface area contributed by atoms with E-state index in [-0.39, 0.29) is 24.2 Å². The lowest BCUT2D eigenvalue weighted by Crippen LogP contribution is -2.45. The molecule has 0 saturated heterocycles. The summed E-state index contributed by atoms with van der Waals surface area (Å²) in [5.74, 6) is -3.16. The van der Waals surface area contributed by atoms with Crippen LogP contribution in [0.15, 0.2) is 54.2 Å². The highest BCUT2D eigenvalue weighted by atomic mass is 32.2. The summed E-state index contributed by atoms with van der Waals surface area (Å²) < 4.78 is 94.3. The van der Waals surface area contributed by atoms with Gasteiger partial charge in [0.1, 0.15) is 11.6 Å². The van der Waals surface area contributed by atoms with Gasteiger partial charge < -0.3 is 5.11 Å². The Kier molecular flexibility index (Phi) is 7.40. The molecule has 1 aromatic heterocycles. The number of aliphatic hydroxyl groups is 1. The fourth-order valence-electron chi connectivity index (χ4n) is 6.33. The smallest absolute Gasteiger partial charge is 0.389 e. The Morgan fingerprint density at radius 3 is 2.54 bits per heavy atom. The summed E-state index contributed by atoms with van der Waals surface area (Å²) in [6.45, 7) is 3.27. The van der Waals surface area contributed by atoms with Crippen LogP contribution in [0.25, 0.3) is 11.8 Å². The Labute approximate surface area is 234 Å². The van der Waals surface area contributed by atoms with E-state index in [0.717, 1.165) is 22.9 Å². The molecule has 12 heteroatoms. The van der Waals surface area contributed by atoms with E-state index in [0.29, 0.717) is 30.5 Å². The lowest BCUT2D eigenvalue weighted by molar-refractivity contribution is -0.106. The zero-order valence-corrected chi connectivity index (χ0v) is 23.3. The van der Waals surface area contributed by atoms with Crippen molar-refractivity contribution in [1.29, 1.82) is 0 Å². The summed E-state index contributed by atoms with van der Waals surface area (Å²) in [6, 6.07) is 8.92. The number of halogens is 5. The molecule has 2 aromatic carbocycles. The van der Waals surface area contributed by atoms with Crippen LogP contribution in [-0.2, 0) is 22.9 Å². The number of aryl methyl sites for hydroxylation is 1. The van der Waals surface area contributed by atoms with E-state index in [4.69, 9.17) is 0 Å². The van der Waals surface area contributed by atoms with Crippen molar-refractivity contribution in [2.24, 2.45) is 5.41 Å². The normalized spacial score (nSPS) is 23.2. The quantitative estimate of drug-likeness (QED) is 0.323. The third-order valence-corrected chi connectivity index (χ3v) is 9.87. The van der Waals surface area contributed by atoms with E-state index in [1.807, 2.05) is 17.7 Å². The van der Waals surface area contributed by atoms with Crippen LogP contribution in [-0.4, -0.2) is 40.8 Å². The molecule has 0 bridgehead atoms. The molecule has 5 rings (SSSR count). The Morgan fingerprint density at radius 1 is 1.15 bits per heavy atom. The lowest BCUT2D eigenvalue weighted by Gasteiger charge is -2.42. The molecular weight excluding hydrogens is 565 g/mol. The van der Waals surface area contributed by atoms with Gasteiger partial charge in [-0.05, 0) is 86.6 Å². The zero-order valence-electron chi connectivity index (χ0n) is 22.5. The van der Waals surface area contributed by atoms with Crippen LogP contribution in [0.5, 0.6) is 0 Å². The Balaban J connectivity index is 1.37. The first-order chi connectivity index (χ1) is 19.1. The van der Waals surface area contributed by atoms with Crippen LogP contribution in [0.3, 0.4) is 0 Å². The van der Waals surface area contributed by atoms with Gasteiger partial charge in [-0.25, -0.2) is 26.6 Å². The molecule has 2 aliphatic carbocycles. The lowest BCUT2D eigenvalue weighted by atomic mass is 9.65. The highest BCUT2D eigenvalue weighted by Gasteiger charge is 2.54. The SMILES string of the molecule is C[C@@H](NS(=O)(=O)CC(F)(F)F)c1c(F)cccc1CC[C@]1(O)CCC2=Cc3c(cnn3-c3ccc(F)cc3)C[C@@]21C. The van der Waals surface area contributed by atoms with E-state index in [2.05, 4.69) is 5.10 Å². The minimum atomic E-state index is -4.94. The third-order valence-electron chi connectivity index (χ3n) is 8.45. The number of hydrogen-bond acceptors (Lipinski definition) is 4. The van der Waals surface area contributed by atoms with Crippen LogP contribution in [0.4, 0.5) is 22.0 Å². The van der Waals surface area contributed by atoms with Crippen LogP contribution < -0.4 is 4.72 Å². The van der Waals surface area contributed by atoms with Gasteiger partial charge in [0.05, 0.1) is 23.2 Å². The van der Waals surface area contributed by atoms with E-state index in [1.54, 1.807) is 29.1 Å². The van der Waals surface area contributed by atoms with Gasteiger partial charge in [0.2, 0.25) is 10.0 Å². The maximum atomic E-state index is 14.9. The number of benzene rings is 2. The molecule has 0 radical (unpaired) electrons. The highest BCUT2D eigenvalue weighted by Crippen LogP contribution is 2.57. The molecule has 0 aliphatic heterocycles. The van der Waals surface area contributed by atoms with Crippen molar-refractivity contribution in [3.05, 3.63) is 88.3 Å². The van der Waals surface area contributed by atoms with E-state index < -0.39 is 44.8 Å². The second-order valence-electron chi connectivity index (χ2n) is 11.2. The predicted molar refractivity (Wildman–Crippen MR) is 144 cm³/mol. The topological polar surface area (TPSA) is 84.2 Å². The summed E-state index contributed by atoms with van der Waals surface area (Å²) in [7, 11) is -4.76. The number of aromatic nitrogens is 2. The molecule has 41 heavy (non-hydrogen) atoms. The molecule has 0 unspecified atom stereocenters. The molecular formula is C29H30F5N3O3S. The van der Waals surface area contributed by atoms with Crippen LogP contribution in [0, 0.1) is 17.0 Å². The predicted octanol–water partition coefficient (Wildman–Crippen LogP) is 5.80. The maximum Gasteiger partial charge on any atom is 0.404 e. The monoisotopic (exact) mass is 595 g/mol. The first-order valence-corrected chi connectivity index (χ1v) is 14.9. The van der Waals surface area contributed by atoms with Gasteiger partial charge in [-0.2, -0.15) is 18.3 Å². The largest absolute Gasteiger partial charge is 0.404 e. The van der Waals surface area contributed by atoms with Crippen molar-refractivity contribution in [2.75, 3.05) is 5.75 Å². The van der Waals surface area contributed by atoms with E-state index >= 15 is 0 Å². The zero-order chi connectivity index (χ0) is 29.8. The molecule has 220 valence electrons. The first kappa shape index (κ1) is 29.4. The Hall–Kier alpha value is -3.09. The summed E-state index contributed by atoms with van der Waals surface area (Å²) in [5, 5.41) is 16.4. The molecule has 1 heterocycles. The standard InChI is InChI=1S/C29H30F5N3O3S/c1-18(36-41(39,40)17-29(32,33)34)26-19(4-3-5-24(26)31)10-12-28(38)13-11-21-14-25-20(15-27(21,28)2)16-35-37(25)23-8-6-22(30)7-9-23/h3-9,14,16,18,36,38H,10-13,15,17H2,1-2H3/t18-,27+,28+/m1/s1. The number of fused-ring (bicyclic) bond motifs is 2. The maximum absolute atomic E-state index is 14.9. The van der Waals surface area contributed by atoms with Gasteiger partial charge in [0.25, 0.3) is 0 Å². The molecule has 1 fully saturated rings. The summed E-state index contributed by atoms with van der Waals surface area (Å²) >= 11 is 0. The average Bonchev–Trinajstić information content (AvgIpc) is 3.37. The second kappa shape index (κ2) is 10.3. The highest BCUT2D eigenvalue weighted by molar-refractivity contribution is 7.89. The Morgan fingerprint density at radius 2 is 1.85 bits per heavy atom. The number of nitrogens with one attached hydrogen (secondary N) is 1. The molecule has 2 aliphatic rings. The van der Waals surface area contributed by atoms with Crippen LogP contribution in [0.2, 0.25) is 0 Å². The fourth-order valence-corrected chi connectivity index (χ4v) is 7.50.